The van der Waals surface area contributed by atoms with Crippen molar-refractivity contribution in [3.05, 3.63) is 54.1 Å². The Balaban J connectivity index is 0.000000369. The monoisotopic (exact) mass is 390 g/mol. The van der Waals surface area contributed by atoms with Crippen LogP contribution in [0.4, 0.5) is 22.0 Å². The summed E-state index contributed by atoms with van der Waals surface area (Å²) in [5, 5.41) is 8.05. The molecule has 2 aromatic carbocycles. The van der Waals surface area contributed by atoms with Gasteiger partial charge in [-0.2, -0.15) is 22.0 Å². The minimum Gasteiger partial charge on any atom is -0.481 e. The van der Waals surface area contributed by atoms with Crippen molar-refractivity contribution in [2.45, 2.75) is 25.6 Å². The Morgan fingerprint density at radius 2 is 1.67 bits per heavy atom. The highest BCUT2D eigenvalue weighted by Gasteiger charge is 2.32. The third-order valence-electron chi connectivity index (χ3n) is 3.38. The van der Waals surface area contributed by atoms with Crippen LogP contribution in [0.1, 0.15) is 18.4 Å². The molecule has 27 heavy (non-hydrogen) atoms. The van der Waals surface area contributed by atoms with E-state index in [0.29, 0.717) is 6.07 Å². The highest BCUT2D eigenvalue weighted by atomic mass is 19.4. The number of aliphatic carboxylic acids is 1. The average Bonchev–Trinajstić information content (AvgIpc) is 3.42. The molecule has 146 valence electrons. The fraction of sp³-hybridized carbons (Fsp3) is 0.278. The first-order valence-electron chi connectivity index (χ1n) is 7.78. The van der Waals surface area contributed by atoms with Gasteiger partial charge >= 0.3 is 18.8 Å². The van der Waals surface area contributed by atoms with E-state index in [1.54, 1.807) is 18.2 Å². The van der Waals surface area contributed by atoms with Crippen LogP contribution in [0, 0.1) is 5.92 Å². The topological polar surface area (TPSA) is 55.8 Å². The number of rotatable bonds is 5. The van der Waals surface area contributed by atoms with Gasteiger partial charge in [0.15, 0.2) is 11.5 Å². The molecule has 0 bridgehead atoms. The van der Waals surface area contributed by atoms with Gasteiger partial charge in [0, 0.05) is 0 Å². The Morgan fingerprint density at radius 3 is 2.11 bits per heavy atom. The van der Waals surface area contributed by atoms with E-state index in [4.69, 9.17) is 9.84 Å². The van der Waals surface area contributed by atoms with Crippen LogP contribution < -0.4 is 9.47 Å². The molecule has 0 heterocycles. The number of benzene rings is 2. The van der Waals surface area contributed by atoms with Crippen molar-refractivity contribution in [3.8, 4) is 17.2 Å². The van der Waals surface area contributed by atoms with Gasteiger partial charge in [0.1, 0.15) is 5.75 Å². The van der Waals surface area contributed by atoms with Gasteiger partial charge in [0.25, 0.3) is 0 Å². The predicted molar refractivity (Wildman–Crippen MR) is 85.0 cm³/mol. The second-order valence-corrected chi connectivity index (χ2v) is 5.57. The van der Waals surface area contributed by atoms with Crippen molar-refractivity contribution >= 4 is 5.97 Å². The first-order valence-corrected chi connectivity index (χ1v) is 7.78. The molecule has 0 aromatic heterocycles. The normalized spacial score (nSPS) is 13.6. The molecule has 1 aliphatic carbocycles. The van der Waals surface area contributed by atoms with Crippen molar-refractivity contribution in [2.75, 3.05) is 0 Å². The van der Waals surface area contributed by atoms with Gasteiger partial charge in [-0.05, 0) is 43.2 Å². The molecule has 2 aromatic rings. The lowest BCUT2D eigenvalue weighted by atomic mass is 10.2. The Bertz CT molecular complexity index is 758. The van der Waals surface area contributed by atoms with Gasteiger partial charge < -0.3 is 14.6 Å². The number of carbonyl (C=O) groups is 1. The third kappa shape index (κ3) is 6.76. The number of ether oxygens (including phenoxy) is 2. The van der Waals surface area contributed by atoms with Crippen LogP contribution in [0.25, 0.3) is 0 Å². The van der Waals surface area contributed by atoms with Gasteiger partial charge in [-0.3, -0.25) is 4.79 Å². The van der Waals surface area contributed by atoms with Gasteiger partial charge in [0.2, 0.25) is 0 Å². The lowest BCUT2D eigenvalue weighted by molar-refractivity contribution is -0.139. The fourth-order valence-electron chi connectivity index (χ4n) is 1.90. The zero-order valence-electron chi connectivity index (χ0n) is 13.7. The molecular formula is C18H15F5O4. The maximum Gasteiger partial charge on any atom is 0.416 e. The van der Waals surface area contributed by atoms with Gasteiger partial charge in [0.05, 0.1) is 11.5 Å². The van der Waals surface area contributed by atoms with Gasteiger partial charge in [-0.1, -0.05) is 18.2 Å². The second-order valence-electron chi connectivity index (χ2n) is 5.57. The summed E-state index contributed by atoms with van der Waals surface area (Å²) in [6.45, 7) is -3.26. The summed E-state index contributed by atoms with van der Waals surface area (Å²) in [6.07, 6.45) is -2.86. The van der Waals surface area contributed by atoms with E-state index in [9.17, 15) is 26.7 Å². The van der Waals surface area contributed by atoms with Crippen LogP contribution in [0.5, 0.6) is 17.2 Å². The van der Waals surface area contributed by atoms with Crippen molar-refractivity contribution in [3.63, 3.8) is 0 Å². The molecule has 0 saturated heterocycles. The van der Waals surface area contributed by atoms with Gasteiger partial charge in [-0.15, -0.1) is 0 Å². The van der Waals surface area contributed by atoms with Crippen LogP contribution in [-0.4, -0.2) is 17.7 Å². The summed E-state index contributed by atoms with van der Waals surface area (Å²) in [7, 11) is 0. The molecule has 0 radical (unpaired) electrons. The van der Waals surface area contributed by atoms with Crippen molar-refractivity contribution in [1.82, 2.24) is 0 Å². The summed E-state index contributed by atoms with van der Waals surface area (Å²) in [5.41, 5.74) is -1.10. The number of halogens is 5. The third-order valence-corrected chi connectivity index (χ3v) is 3.38. The van der Waals surface area contributed by atoms with Crippen molar-refractivity contribution in [1.29, 1.82) is 0 Å². The summed E-state index contributed by atoms with van der Waals surface area (Å²) < 4.78 is 71.7. The van der Waals surface area contributed by atoms with E-state index in [2.05, 4.69) is 4.74 Å². The molecule has 1 N–H and O–H groups in total. The zero-order chi connectivity index (χ0) is 20.0. The molecule has 4 nitrogen and oxygen atoms in total. The van der Waals surface area contributed by atoms with E-state index in [1.807, 2.05) is 0 Å². The van der Waals surface area contributed by atoms with E-state index in [0.717, 1.165) is 25.0 Å². The summed E-state index contributed by atoms with van der Waals surface area (Å²) in [6, 6.07) is 10.2. The molecular weight excluding hydrogens is 375 g/mol. The van der Waals surface area contributed by atoms with Crippen LogP contribution >= 0.6 is 0 Å². The Kier molecular flexibility index (Phi) is 6.59. The molecule has 1 saturated carbocycles. The maximum atomic E-state index is 12.6. The van der Waals surface area contributed by atoms with Crippen LogP contribution in [0.2, 0.25) is 0 Å². The molecule has 1 fully saturated rings. The quantitative estimate of drug-likeness (QED) is 0.677. The number of hydrogen-bond donors (Lipinski definition) is 1. The molecule has 9 heteroatoms. The van der Waals surface area contributed by atoms with Crippen molar-refractivity contribution < 1.29 is 41.3 Å². The average molecular weight is 390 g/mol. The van der Waals surface area contributed by atoms with E-state index >= 15 is 0 Å². The second kappa shape index (κ2) is 8.70. The number of carboxylic acid groups (broad SMARTS) is 1. The van der Waals surface area contributed by atoms with E-state index in [1.165, 1.54) is 12.1 Å². The molecule has 0 spiro atoms. The highest BCUT2D eigenvalue weighted by molar-refractivity contribution is 5.72. The summed E-state index contributed by atoms with van der Waals surface area (Å²) in [5.74, 6) is -1.23. The molecule has 0 atom stereocenters. The van der Waals surface area contributed by atoms with E-state index in [-0.39, 0.29) is 17.4 Å². The number of para-hydroxylation sites is 1. The van der Waals surface area contributed by atoms with Crippen LogP contribution in [0.15, 0.2) is 48.5 Å². The fourth-order valence-corrected chi connectivity index (χ4v) is 1.90. The minimum atomic E-state index is -4.66. The summed E-state index contributed by atoms with van der Waals surface area (Å²) >= 11 is 0. The Morgan fingerprint density at radius 1 is 1.04 bits per heavy atom. The highest BCUT2D eigenvalue weighted by Crippen LogP contribution is 2.38. The minimum absolute atomic E-state index is 0.0185. The first kappa shape index (κ1) is 20.5. The van der Waals surface area contributed by atoms with Crippen LogP contribution in [-0.2, 0) is 11.0 Å². The Labute approximate surface area is 151 Å². The summed E-state index contributed by atoms with van der Waals surface area (Å²) in [4.78, 5) is 9.76. The van der Waals surface area contributed by atoms with Crippen molar-refractivity contribution in [2.24, 2.45) is 5.92 Å². The lowest BCUT2D eigenvalue weighted by Crippen LogP contribution is -2.08. The molecule has 0 aliphatic heterocycles. The van der Waals surface area contributed by atoms with Gasteiger partial charge in [-0.25, -0.2) is 0 Å². The lowest BCUT2D eigenvalue weighted by Gasteiger charge is -2.14. The predicted octanol–water partition coefficient (Wildman–Crippen LogP) is 5.58. The van der Waals surface area contributed by atoms with Crippen LogP contribution in [0.3, 0.4) is 0 Å². The largest absolute Gasteiger partial charge is 0.481 e. The molecule has 1 aliphatic rings. The molecule has 3 rings (SSSR count). The number of hydrogen-bond acceptors (Lipinski definition) is 3. The smallest absolute Gasteiger partial charge is 0.416 e. The number of alkyl halides is 5. The maximum absolute atomic E-state index is 12.6. The molecule has 0 unspecified atom stereocenters. The molecule has 0 amide bonds. The SMILES string of the molecule is FC(F)Oc1cc(C(F)(F)F)ccc1Oc1ccccc1.O=C(O)C1CC1. The standard InChI is InChI=1S/C14H9F5O2.C4H6O2/c15-13(16)21-12-8-9(14(17,18)19)6-7-11(12)20-10-4-2-1-3-5-10;5-4(6)3-1-2-3/h1-8,13H;3H,1-2H2,(H,5,6). The number of carboxylic acids is 1. The Hall–Kier alpha value is -2.84. The van der Waals surface area contributed by atoms with E-state index < -0.39 is 30.1 Å². The first-order chi connectivity index (χ1) is 12.7. The zero-order valence-corrected chi connectivity index (χ0v) is 13.7.